The lowest BCUT2D eigenvalue weighted by Gasteiger charge is -2.34. The van der Waals surface area contributed by atoms with Crippen LogP contribution in [0.5, 0.6) is 0 Å². The van der Waals surface area contributed by atoms with Crippen molar-refractivity contribution in [2.75, 3.05) is 0 Å². The van der Waals surface area contributed by atoms with E-state index in [1.165, 1.54) is 13.0 Å². The molecule has 0 aromatic heterocycles. The summed E-state index contributed by atoms with van der Waals surface area (Å²) in [7, 11) is 0. The van der Waals surface area contributed by atoms with Gasteiger partial charge in [0, 0.05) is 18.2 Å². The van der Waals surface area contributed by atoms with Crippen LogP contribution in [0.15, 0.2) is 48.7 Å². The summed E-state index contributed by atoms with van der Waals surface area (Å²) in [6.45, 7) is 1.36. The highest BCUT2D eigenvalue weighted by atomic mass is 19.1. The van der Waals surface area contributed by atoms with Gasteiger partial charge >= 0.3 is 0 Å². The van der Waals surface area contributed by atoms with Crippen molar-refractivity contribution in [3.63, 3.8) is 0 Å². The standard InChI is InChI=1S/C22H15F2N3O/c1-13(28)20-19(17-7-6-15(23)10-18(17)24)22(11-25,12-26)21-16-5-3-2-4-14(16)8-9-27(20)21/h2-10,19-21H,1H3/t19-,20-,21-/m1/s1. The monoisotopic (exact) mass is 375 g/mol. The molecule has 0 radical (unpaired) electrons. The third-order valence-electron chi connectivity index (χ3n) is 5.66. The van der Waals surface area contributed by atoms with E-state index in [2.05, 4.69) is 12.1 Å². The number of carbonyl (C=O) groups excluding carboxylic acids is 1. The summed E-state index contributed by atoms with van der Waals surface area (Å²) in [4.78, 5) is 14.3. The molecule has 0 unspecified atom stereocenters. The maximum Gasteiger partial charge on any atom is 0.177 e. The highest BCUT2D eigenvalue weighted by molar-refractivity contribution is 5.85. The van der Waals surface area contributed by atoms with Gasteiger partial charge < -0.3 is 4.90 Å². The number of hydrogen-bond donors (Lipinski definition) is 0. The van der Waals surface area contributed by atoms with E-state index in [-0.39, 0.29) is 11.3 Å². The van der Waals surface area contributed by atoms with E-state index in [0.29, 0.717) is 6.07 Å². The lowest BCUT2D eigenvalue weighted by molar-refractivity contribution is -0.121. The van der Waals surface area contributed by atoms with Crippen molar-refractivity contribution >= 4 is 11.9 Å². The number of rotatable bonds is 2. The molecule has 138 valence electrons. The lowest BCUT2D eigenvalue weighted by Crippen LogP contribution is -2.36. The summed E-state index contributed by atoms with van der Waals surface area (Å²) in [6, 6.07) is 12.8. The fraction of sp³-hybridized carbons (Fsp3) is 0.227. The zero-order chi connectivity index (χ0) is 20.1. The van der Waals surface area contributed by atoms with E-state index < -0.39 is 35.1 Å². The van der Waals surface area contributed by atoms with Gasteiger partial charge in [0.1, 0.15) is 11.6 Å². The van der Waals surface area contributed by atoms with Crippen LogP contribution in [-0.4, -0.2) is 16.7 Å². The molecule has 6 heteroatoms. The lowest BCUT2D eigenvalue weighted by atomic mass is 9.67. The van der Waals surface area contributed by atoms with E-state index >= 15 is 0 Å². The van der Waals surface area contributed by atoms with Gasteiger partial charge in [0.05, 0.1) is 24.2 Å². The molecule has 2 heterocycles. The smallest absolute Gasteiger partial charge is 0.177 e. The number of hydrogen-bond acceptors (Lipinski definition) is 4. The summed E-state index contributed by atoms with van der Waals surface area (Å²) in [5, 5.41) is 20.3. The van der Waals surface area contributed by atoms with Crippen molar-refractivity contribution in [3.05, 3.63) is 77.0 Å². The van der Waals surface area contributed by atoms with Crippen LogP contribution >= 0.6 is 0 Å². The van der Waals surface area contributed by atoms with Crippen molar-refractivity contribution < 1.29 is 13.6 Å². The Hall–Kier alpha value is -3.51. The number of fused-ring (bicyclic) bond motifs is 3. The summed E-state index contributed by atoms with van der Waals surface area (Å²) in [5.41, 5.74) is -0.175. The summed E-state index contributed by atoms with van der Waals surface area (Å²) in [5.74, 6) is -3.00. The van der Waals surface area contributed by atoms with Gasteiger partial charge in [-0.1, -0.05) is 30.3 Å². The molecule has 1 fully saturated rings. The summed E-state index contributed by atoms with van der Waals surface area (Å²) >= 11 is 0. The molecule has 3 atom stereocenters. The molecule has 2 aliphatic rings. The van der Waals surface area contributed by atoms with Gasteiger partial charge in [-0.2, -0.15) is 10.5 Å². The number of ketones is 1. The fourth-order valence-electron chi connectivity index (χ4n) is 4.55. The molecule has 0 saturated carbocycles. The van der Waals surface area contributed by atoms with Crippen molar-refractivity contribution in [3.8, 4) is 12.1 Å². The molecule has 0 amide bonds. The molecule has 4 nitrogen and oxygen atoms in total. The number of halogens is 2. The largest absolute Gasteiger partial charge is 0.357 e. The first-order valence-electron chi connectivity index (χ1n) is 8.77. The molecule has 0 spiro atoms. The van der Waals surface area contributed by atoms with Crippen LogP contribution in [0.3, 0.4) is 0 Å². The number of carbonyl (C=O) groups is 1. The first-order valence-corrected chi connectivity index (χ1v) is 8.77. The molecule has 4 rings (SSSR count). The Kier molecular flexibility index (Phi) is 4.01. The molecule has 0 bridgehead atoms. The summed E-state index contributed by atoms with van der Waals surface area (Å²) in [6.07, 6.45) is 3.49. The normalized spacial score (nSPS) is 24.0. The van der Waals surface area contributed by atoms with Gasteiger partial charge in [0.25, 0.3) is 0 Å². The average Bonchev–Trinajstić information content (AvgIpc) is 2.99. The second-order valence-corrected chi connectivity index (χ2v) is 7.09. The molecule has 28 heavy (non-hydrogen) atoms. The van der Waals surface area contributed by atoms with Crippen molar-refractivity contribution in [1.82, 2.24) is 4.90 Å². The van der Waals surface area contributed by atoms with Crippen molar-refractivity contribution in [1.29, 1.82) is 10.5 Å². The third kappa shape index (κ3) is 2.28. The molecule has 2 aliphatic heterocycles. The van der Waals surface area contributed by atoms with Gasteiger partial charge in [-0.25, -0.2) is 8.78 Å². The quantitative estimate of drug-likeness (QED) is 0.793. The van der Waals surface area contributed by atoms with Gasteiger partial charge in [0.15, 0.2) is 11.2 Å². The van der Waals surface area contributed by atoms with Crippen molar-refractivity contribution in [2.45, 2.75) is 24.9 Å². The number of nitrogens with zero attached hydrogens (tertiary/aromatic N) is 3. The van der Waals surface area contributed by atoms with Gasteiger partial charge in [-0.05, 0) is 35.8 Å². The Morgan fingerprint density at radius 3 is 2.46 bits per heavy atom. The van der Waals surface area contributed by atoms with Crippen molar-refractivity contribution in [2.24, 2.45) is 5.41 Å². The van der Waals surface area contributed by atoms with Gasteiger partial charge in [-0.15, -0.1) is 0 Å². The van der Waals surface area contributed by atoms with E-state index in [9.17, 15) is 24.1 Å². The van der Waals surface area contributed by atoms with Crippen LogP contribution < -0.4 is 0 Å². The minimum atomic E-state index is -1.73. The number of nitriles is 2. The maximum atomic E-state index is 14.7. The van der Waals surface area contributed by atoms with E-state index in [4.69, 9.17) is 0 Å². The average molecular weight is 375 g/mol. The minimum absolute atomic E-state index is 0.00928. The third-order valence-corrected chi connectivity index (χ3v) is 5.66. The molecule has 1 saturated heterocycles. The molecule has 0 aliphatic carbocycles. The predicted molar refractivity (Wildman–Crippen MR) is 97.3 cm³/mol. The molecule has 2 aromatic rings. The molecular formula is C22H15F2N3O. The molecular weight excluding hydrogens is 360 g/mol. The Morgan fingerprint density at radius 2 is 1.82 bits per heavy atom. The highest BCUT2D eigenvalue weighted by Gasteiger charge is 2.63. The second-order valence-electron chi connectivity index (χ2n) is 7.09. The predicted octanol–water partition coefficient (Wildman–Crippen LogP) is 4.08. The van der Waals surface area contributed by atoms with Gasteiger partial charge in [-0.3, -0.25) is 4.79 Å². The van der Waals surface area contributed by atoms with Crippen LogP contribution in [0.25, 0.3) is 6.08 Å². The van der Waals surface area contributed by atoms with Crippen LogP contribution in [0.2, 0.25) is 0 Å². The number of benzene rings is 2. The molecule has 0 N–H and O–H groups in total. The van der Waals surface area contributed by atoms with Gasteiger partial charge in [0.2, 0.25) is 0 Å². The van der Waals surface area contributed by atoms with Crippen LogP contribution in [0, 0.1) is 39.7 Å². The Morgan fingerprint density at radius 1 is 1.11 bits per heavy atom. The Bertz CT molecular complexity index is 1080. The SMILES string of the molecule is CC(=O)[C@@H]1[C@@H](c2ccc(F)cc2F)C(C#N)(C#N)[C@H]2c3ccccc3C=CN12. The van der Waals surface area contributed by atoms with Crippen LogP contribution in [0.1, 0.15) is 35.6 Å². The van der Waals surface area contributed by atoms with E-state index in [1.54, 1.807) is 23.2 Å². The van der Waals surface area contributed by atoms with E-state index in [0.717, 1.165) is 17.2 Å². The minimum Gasteiger partial charge on any atom is -0.357 e. The topological polar surface area (TPSA) is 67.9 Å². The number of Topliss-reactive ketones (excluding diaryl/α,β-unsaturated/α-hetero) is 1. The Labute approximate surface area is 160 Å². The summed E-state index contributed by atoms with van der Waals surface area (Å²) < 4.78 is 28.2. The second kappa shape index (κ2) is 6.28. The van der Waals surface area contributed by atoms with Crippen LogP contribution in [0.4, 0.5) is 8.78 Å². The zero-order valence-corrected chi connectivity index (χ0v) is 14.9. The van der Waals surface area contributed by atoms with E-state index in [1.807, 2.05) is 18.2 Å². The first kappa shape index (κ1) is 17.9. The fourth-order valence-corrected chi connectivity index (χ4v) is 4.55. The highest BCUT2D eigenvalue weighted by Crippen LogP contribution is 2.59. The molecule has 2 aromatic carbocycles. The Balaban J connectivity index is 2.03. The van der Waals surface area contributed by atoms with Crippen LogP contribution in [-0.2, 0) is 4.79 Å². The zero-order valence-electron chi connectivity index (χ0n) is 14.9. The first-order chi connectivity index (χ1) is 13.4. The maximum absolute atomic E-state index is 14.7.